The van der Waals surface area contributed by atoms with Crippen molar-refractivity contribution in [3.8, 4) is 5.75 Å². The van der Waals surface area contributed by atoms with Gasteiger partial charge in [-0.2, -0.15) is 0 Å². The van der Waals surface area contributed by atoms with Crippen LogP contribution < -0.4 is 9.64 Å². The van der Waals surface area contributed by atoms with E-state index in [2.05, 4.69) is 20.8 Å². The third-order valence-electron chi connectivity index (χ3n) is 4.88. The number of rotatable bonds is 6. The number of methoxy groups -OCH3 is 1. The van der Waals surface area contributed by atoms with Crippen molar-refractivity contribution < 1.29 is 14.3 Å². The molecule has 1 aliphatic heterocycles. The monoisotopic (exact) mass is 414 g/mol. The standard InChI is InChI=1S/C20H19BrN2O3/c1-26-15-9-5-13(6-10-15)11-22(14-7-8-14)12-23-17-4-2-3-16(21)18(17)19(24)20(23)25/h2-6,9-10,14H,7-8,11-12H2,1H3. The molecule has 0 aromatic heterocycles. The maximum Gasteiger partial charge on any atom is 0.300 e. The molecule has 6 heteroatoms. The summed E-state index contributed by atoms with van der Waals surface area (Å²) in [5, 5.41) is 0. The minimum absolute atomic E-state index is 0.421. The summed E-state index contributed by atoms with van der Waals surface area (Å²) >= 11 is 3.39. The van der Waals surface area contributed by atoms with Crippen LogP contribution in [0.1, 0.15) is 28.8 Å². The van der Waals surface area contributed by atoms with Crippen LogP contribution in [0, 0.1) is 0 Å². The normalized spacial score (nSPS) is 16.3. The molecular weight excluding hydrogens is 396 g/mol. The fourth-order valence-corrected chi connectivity index (χ4v) is 3.86. The number of nitrogens with zero attached hydrogens (tertiary/aromatic N) is 2. The minimum atomic E-state index is -0.452. The van der Waals surface area contributed by atoms with Gasteiger partial charge in [-0.1, -0.05) is 18.2 Å². The molecule has 1 fully saturated rings. The first-order valence-corrected chi connectivity index (χ1v) is 9.39. The van der Waals surface area contributed by atoms with Crippen molar-refractivity contribution in [3.05, 3.63) is 58.1 Å². The molecule has 0 spiro atoms. The van der Waals surface area contributed by atoms with Gasteiger partial charge in [0, 0.05) is 17.1 Å². The molecule has 0 radical (unpaired) electrons. The number of benzene rings is 2. The second-order valence-corrected chi connectivity index (χ2v) is 7.52. The molecule has 1 saturated carbocycles. The van der Waals surface area contributed by atoms with Crippen molar-refractivity contribution in [1.82, 2.24) is 4.90 Å². The molecule has 134 valence electrons. The largest absolute Gasteiger partial charge is 0.497 e. The molecule has 4 rings (SSSR count). The fraction of sp³-hybridized carbons (Fsp3) is 0.300. The summed E-state index contributed by atoms with van der Waals surface area (Å²) in [6.45, 7) is 1.15. The van der Waals surface area contributed by atoms with Gasteiger partial charge in [0.15, 0.2) is 0 Å². The van der Waals surface area contributed by atoms with Crippen molar-refractivity contribution >= 4 is 33.3 Å². The number of hydrogen-bond donors (Lipinski definition) is 0. The number of amides is 1. The maximum absolute atomic E-state index is 12.5. The molecule has 2 aromatic rings. The molecule has 2 aliphatic rings. The van der Waals surface area contributed by atoms with Crippen LogP contribution in [-0.4, -0.2) is 36.4 Å². The van der Waals surface area contributed by atoms with Gasteiger partial charge in [0.1, 0.15) is 5.75 Å². The lowest BCUT2D eigenvalue weighted by molar-refractivity contribution is -0.114. The Bertz CT molecular complexity index is 862. The van der Waals surface area contributed by atoms with Gasteiger partial charge in [-0.15, -0.1) is 0 Å². The number of carbonyl (C=O) groups is 2. The van der Waals surface area contributed by atoms with E-state index in [1.807, 2.05) is 36.4 Å². The van der Waals surface area contributed by atoms with Crippen LogP contribution in [0.3, 0.4) is 0 Å². The van der Waals surface area contributed by atoms with E-state index in [-0.39, 0.29) is 0 Å². The van der Waals surface area contributed by atoms with E-state index in [1.54, 1.807) is 18.1 Å². The zero-order valence-corrected chi connectivity index (χ0v) is 16.0. The number of hydrogen-bond acceptors (Lipinski definition) is 4. The number of anilines is 1. The number of halogens is 1. The summed E-state index contributed by atoms with van der Waals surface area (Å²) in [6.07, 6.45) is 2.24. The molecule has 0 bridgehead atoms. The average molecular weight is 415 g/mol. The second kappa shape index (κ2) is 6.85. The van der Waals surface area contributed by atoms with Gasteiger partial charge in [-0.05, 0) is 58.6 Å². The van der Waals surface area contributed by atoms with Crippen molar-refractivity contribution in [1.29, 1.82) is 0 Å². The van der Waals surface area contributed by atoms with Gasteiger partial charge in [-0.3, -0.25) is 19.4 Å². The number of ketones is 1. The number of carbonyl (C=O) groups excluding carboxylic acids is 2. The first-order chi connectivity index (χ1) is 12.6. The van der Waals surface area contributed by atoms with E-state index in [0.29, 0.717) is 28.4 Å². The van der Waals surface area contributed by atoms with E-state index < -0.39 is 11.7 Å². The first-order valence-electron chi connectivity index (χ1n) is 8.60. The van der Waals surface area contributed by atoms with E-state index >= 15 is 0 Å². The highest BCUT2D eigenvalue weighted by atomic mass is 79.9. The summed E-state index contributed by atoms with van der Waals surface area (Å²) in [6, 6.07) is 13.9. The van der Waals surface area contributed by atoms with Crippen LogP contribution >= 0.6 is 15.9 Å². The molecule has 1 heterocycles. The highest BCUT2D eigenvalue weighted by molar-refractivity contribution is 9.10. The summed E-state index contributed by atoms with van der Waals surface area (Å²) in [5.74, 6) is -0.0641. The number of fused-ring (bicyclic) bond motifs is 1. The minimum Gasteiger partial charge on any atom is -0.497 e. The predicted octanol–water partition coefficient (Wildman–Crippen LogP) is 3.61. The Balaban J connectivity index is 1.57. The molecule has 0 atom stereocenters. The van der Waals surface area contributed by atoms with Crippen LogP contribution in [0.15, 0.2) is 46.9 Å². The molecule has 1 aliphatic carbocycles. The Hall–Kier alpha value is -2.18. The third kappa shape index (κ3) is 3.15. The van der Waals surface area contributed by atoms with Gasteiger partial charge in [0.25, 0.3) is 5.78 Å². The SMILES string of the molecule is COc1ccc(CN(CN2C(=O)C(=O)c3c(Br)cccc32)C2CC2)cc1. The van der Waals surface area contributed by atoms with Crippen molar-refractivity contribution in [2.75, 3.05) is 18.7 Å². The molecular formula is C20H19BrN2O3. The zero-order valence-electron chi connectivity index (χ0n) is 14.4. The van der Waals surface area contributed by atoms with E-state index in [0.717, 1.165) is 30.7 Å². The van der Waals surface area contributed by atoms with Crippen molar-refractivity contribution in [2.24, 2.45) is 0 Å². The Morgan fingerprint density at radius 2 is 1.88 bits per heavy atom. The molecule has 0 saturated heterocycles. The highest BCUT2D eigenvalue weighted by Gasteiger charge is 2.40. The lowest BCUT2D eigenvalue weighted by Gasteiger charge is -2.28. The first kappa shape index (κ1) is 17.2. The van der Waals surface area contributed by atoms with Crippen LogP contribution in [-0.2, 0) is 11.3 Å². The topological polar surface area (TPSA) is 49.9 Å². The smallest absolute Gasteiger partial charge is 0.300 e. The molecule has 5 nitrogen and oxygen atoms in total. The molecule has 0 unspecified atom stereocenters. The lowest BCUT2D eigenvalue weighted by atomic mass is 10.1. The summed E-state index contributed by atoms with van der Waals surface area (Å²) in [4.78, 5) is 28.8. The Kier molecular flexibility index (Phi) is 4.54. The summed E-state index contributed by atoms with van der Waals surface area (Å²) < 4.78 is 5.88. The number of Topliss-reactive ketones (excluding diaryl/α,β-unsaturated/α-hetero) is 1. The Morgan fingerprint density at radius 3 is 2.54 bits per heavy atom. The fourth-order valence-electron chi connectivity index (χ4n) is 3.32. The van der Waals surface area contributed by atoms with Crippen molar-refractivity contribution in [3.63, 3.8) is 0 Å². The van der Waals surface area contributed by atoms with Crippen LogP contribution in [0.25, 0.3) is 0 Å². The molecule has 0 N–H and O–H groups in total. The average Bonchev–Trinajstić information content (AvgIpc) is 3.46. The Labute approximate surface area is 160 Å². The summed E-state index contributed by atoms with van der Waals surface area (Å²) in [7, 11) is 1.65. The van der Waals surface area contributed by atoms with Crippen molar-refractivity contribution in [2.45, 2.75) is 25.4 Å². The zero-order chi connectivity index (χ0) is 18.3. The van der Waals surface area contributed by atoms with E-state index in [4.69, 9.17) is 4.74 Å². The van der Waals surface area contributed by atoms with Crippen LogP contribution in [0.5, 0.6) is 5.75 Å². The Morgan fingerprint density at radius 1 is 1.15 bits per heavy atom. The molecule has 26 heavy (non-hydrogen) atoms. The van der Waals surface area contributed by atoms with Crippen LogP contribution in [0.2, 0.25) is 0 Å². The van der Waals surface area contributed by atoms with Gasteiger partial charge in [0.2, 0.25) is 0 Å². The van der Waals surface area contributed by atoms with Crippen LogP contribution in [0.4, 0.5) is 5.69 Å². The van der Waals surface area contributed by atoms with Gasteiger partial charge in [-0.25, -0.2) is 0 Å². The third-order valence-corrected chi connectivity index (χ3v) is 5.54. The second-order valence-electron chi connectivity index (χ2n) is 6.66. The highest BCUT2D eigenvalue weighted by Crippen LogP contribution is 2.36. The predicted molar refractivity (Wildman–Crippen MR) is 102 cm³/mol. The van der Waals surface area contributed by atoms with E-state index in [9.17, 15) is 9.59 Å². The molecule has 1 amide bonds. The van der Waals surface area contributed by atoms with E-state index in [1.165, 1.54) is 0 Å². The summed E-state index contributed by atoms with van der Waals surface area (Å²) in [5.41, 5.74) is 2.32. The quantitative estimate of drug-likeness (QED) is 0.677. The lowest BCUT2D eigenvalue weighted by Crippen LogP contribution is -2.41. The van der Waals surface area contributed by atoms with Gasteiger partial charge < -0.3 is 4.74 Å². The number of ether oxygens (including phenoxy) is 1. The van der Waals surface area contributed by atoms with Gasteiger partial charge >= 0.3 is 5.91 Å². The van der Waals surface area contributed by atoms with Gasteiger partial charge in [0.05, 0.1) is 25.0 Å². The molecule has 2 aromatic carbocycles. The maximum atomic E-state index is 12.5.